The van der Waals surface area contributed by atoms with Gasteiger partial charge in [0.1, 0.15) is 0 Å². The van der Waals surface area contributed by atoms with Gasteiger partial charge in [0.15, 0.2) is 0 Å². The number of amides is 1. The number of benzene rings is 1. The van der Waals surface area contributed by atoms with E-state index < -0.39 is 41.0 Å². The van der Waals surface area contributed by atoms with Crippen LogP contribution in [0.2, 0.25) is 0 Å². The molecule has 0 radical (unpaired) electrons. The minimum absolute atomic E-state index is 0.0430. The molecule has 0 spiro atoms. The maximum atomic E-state index is 12.9. The highest BCUT2D eigenvalue weighted by atomic mass is 19.4. The summed E-state index contributed by atoms with van der Waals surface area (Å²) < 4.78 is 77.4. The summed E-state index contributed by atoms with van der Waals surface area (Å²) in [5.41, 5.74) is -3.31. The first kappa shape index (κ1) is 20.4. The Morgan fingerprint density at radius 2 is 1.56 bits per heavy atom. The molecule has 27 heavy (non-hydrogen) atoms. The average Bonchev–Trinajstić information content (AvgIpc) is 2.59. The highest BCUT2D eigenvalue weighted by molar-refractivity contribution is 5.95. The van der Waals surface area contributed by atoms with Gasteiger partial charge in [-0.2, -0.15) is 26.3 Å². The van der Waals surface area contributed by atoms with Crippen LogP contribution in [0.4, 0.5) is 26.3 Å². The first-order valence-electron chi connectivity index (χ1n) is 7.47. The van der Waals surface area contributed by atoms with Gasteiger partial charge in [0.25, 0.3) is 5.91 Å². The predicted molar refractivity (Wildman–Crippen MR) is 84.5 cm³/mol. The average molecular weight is 389 g/mol. The molecule has 1 aromatic heterocycles. The Kier molecular flexibility index (Phi) is 5.57. The van der Waals surface area contributed by atoms with Crippen molar-refractivity contribution >= 4 is 12.0 Å². The number of hydrogen-bond acceptors (Lipinski definition) is 3. The number of hydrogen-bond donors (Lipinski definition) is 1. The normalized spacial score (nSPS) is 13.1. The third-order valence-corrected chi connectivity index (χ3v) is 3.56. The number of carbonyl (C=O) groups is 1. The van der Waals surface area contributed by atoms with Crippen molar-refractivity contribution in [3.63, 3.8) is 0 Å². The van der Waals surface area contributed by atoms with E-state index in [-0.39, 0.29) is 11.8 Å². The monoisotopic (exact) mass is 389 g/mol. The molecular weight excluding hydrogens is 376 g/mol. The van der Waals surface area contributed by atoms with Crippen molar-refractivity contribution in [2.45, 2.75) is 25.3 Å². The first-order valence-corrected chi connectivity index (χ1v) is 7.47. The number of nitrogens with zero attached hydrogens (tertiary/aromatic N) is 2. The molecule has 0 aliphatic rings. The van der Waals surface area contributed by atoms with Gasteiger partial charge in [0, 0.05) is 18.0 Å². The lowest BCUT2D eigenvalue weighted by Crippen LogP contribution is -2.28. The Hall–Kier alpha value is -2.91. The summed E-state index contributed by atoms with van der Waals surface area (Å²) >= 11 is 0. The largest absolute Gasteiger partial charge is 0.416 e. The van der Waals surface area contributed by atoms with Crippen LogP contribution in [0.25, 0.3) is 6.08 Å². The summed E-state index contributed by atoms with van der Waals surface area (Å²) in [5.74, 6) is -1.11. The van der Waals surface area contributed by atoms with E-state index >= 15 is 0 Å². The summed E-state index contributed by atoms with van der Waals surface area (Å²) in [4.78, 5) is 20.2. The van der Waals surface area contributed by atoms with E-state index in [9.17, 15) is 31.1 Å². The molecule has 0 bridgehead atoms. The third-order valence-electron chi connectivity index (χ3n) is 3.56. The molecule has 144 valence electrons. The van der Waals surface area contributed by atoms with Crippen LogP contribution < -0.4 is 5.32 Å². The second-order valence-corrected chi connectivity index (χ2v) is 5.52. The second-order valence-electron chi connectivity index (χ2n) is 5.52. The van der Waals surface area contributed by atoms with Crippen LogP contribution >= 0.6 is 0 Å². The van der Waals surface area contributed by atoms with Gasteiger partial charge in [0.05, 0.1) is 28.6 Å². The van der Waals surface area contributed by atoms with Crippen molar-refractivity contribution < 1.29 is 31.1 Å². The van der Waals surface area contributed by atoms with Gasteiger partial charge in [0.2, 0.25) is 0 Å². The van der Waals surface area contributed by atoms with Crippen molar-refractivity contribution in [1.82, 2.24) is 15.3 Å². The van der Waals surface area contributed by atoms with Crippen LogP contribution in [0, 0.1) is 0 Å². The highest BCUT2D eigenvalue weighted by Gasteiger charge is 2.37. The van der Waals surface area contributed by atoms with Gasteiger partial charge in [-0.05, 0) is 31.2 Å². The summed E-state index contributed by atoms with van der Waals surface area (Å²) in [6.07, 6.45) is -6.02. The smallest absolute Gasteiger partial charge is 0.344 e. The van der Waals surface area contributed by atoms with E-state index in [0.29, 0.717) is 17.8 Å². The Balaban J connectivity index is 2.39. The van der Waals surface area contributed by atoms with Gasteiger partial charge in [-0.25, -0.2) is 0 Å². The third kappa shape index (κ3) is 4.83. The molecule has 4 nitrogen and oxygen atoms in total. The molecule has 1 amide bonds. The molecular formula is C17H13F6N3O. The van der Waals surface area contributed by atoms with Crippen LogP contribution in [0.5, 0.6) is 0 Å². The molecule has 1 atom stereocenters. The van der Waals surface area contributed by atoms with Gasteiger partial charge in [-0.1, -0.05) is 6.58 Å². The Bertz CT molecular complexity index is 828. The zero-order chi connectivity index (χ0) is 20.4. The summed E-state index contributed by atoms with van der Waals surface area (Å²) in [7, 11) is 0. The van der Waals surface area contributed by atoms with E-state index in [1.165, 1.54) is 25.4 Å². The van der Waals surface area contributed by atoms with E-state index in [1.54, 1.807) is 0 Å². The number of nitrogens with one attached hydrogen (secondary N) is 1. The molecule has 2 aromatic rings. The number of carbonyl (C=O) groups excluding carboxylic acids is 1. The zero-order valence-corrected chi connectivity index (χ0v) is 13.8. The van der Waals surface area contributed by atoms with E-state index in [4.69, 9.17) is 0 Å². The minimum atomic E-state index is -5.04. The quantitative estimate of drug-likeness (QED) is 0.775. The van der Waals surface area contributed by atoms with E-state index in [0.717, 1.165) is 0 Å². The molecule has 0 fully saturated rings. The molecule has 1 unspecified atom stereocenters. The van der Waals surface area contributed by atoms with Crippen LogP contribution in [0.15, 0.2) is 37.2 Å². The lowest BCUT2D eigenvalue weighted by atomic mass is 10.0. The molecule has 0 aliphatic heterocycles. The number of rotatable bonds is 4. The van der Waals surface area contributed by atoms with Crippen molar-refractivity contribution in [2.24, 2.45) is 0 Å². The van der Waals surface area contributed by atoms with Crippen molar-refractivity contribution in [3.8, 4) is 0 Å². The maximum absolute atomic E-state index is 12.9. The molecule has 1 heterocycles. The van der Waals surface area contributed by atoms with Crippen LogP contribution in [0.1, 0.15) is 45.8 Å². The van der Waals surface area contributed by atoms with E-state index in [2.05, 4.69) is 21.9 Å². The Morgan fingerprint density at radius 3 is 2.04 bits per heavy atom. The lowest BCUT2D eigenvalue weighted by Gasteiger charge is -2.17. The lowest BCUT2D eigenvalue weighted by molar-refractivity contribution is -0.143. The standard InChI is InChI=1S/C17H13F6N3O/c1-3-13-14(25-5-4-24-13)9(2)26-15(27)10-6-11(16(18,19)20)8-12(7-10)17(21,22)23/h3-9H,1H2,2H3,(H,26,27). The number of aromatic nitrogens is 2. The summed E-state index contributed by atoms with van der Waals surface area (Å²) in [6.45, 7) is 4.99. The fraction of sp³-hybridized carbons (Fsp3) is 0.235. The molecule has 1 N–H and O–H groups in total. The van der Waals surface area contributed by atoms with Gasteiger partial charge in [-0.3, -0.25) is 14.8 Å². The fourth-order valence-electron chi connectivity index (χ4n) is 2.28. The van der Waals surface area contributed by atoms with Crippen LogP contribution in [0.3, 0.4) is 0 Å². The van der Waals surface area contributed by atoms with Gasteiger partial charge < -0.3 is 5.32 Å². The van der Waals surface area contributed by atoms with Gasteiger partial charge >= 0.3 is 12.4 Å². The first-order chi connectivity index (χ1) is 12.4. The molecule has 10 heteroatoms. The summed E-state index contributed by atoms with van der Waals surface area (Å²) in [5, 5.41) is 2.32. The number of alkyl halides is 6. The maximum Gasteiger partial charge on any atom is 0.416 e. The van der Waals surface area contributed by atoms with E-state index in [1.807, 2.05) is 0 Å². The van der Waals surface area contributed by atoms with Crippen molar-refractivity contribution in [2.75, 3.05) is 0 Å². The zero-order valence-electron chi connectivity index (χ0n) is 13.8. The molecule has 2 rings (SSSR count). The van der Waals surface area contributed by atoms with Crippen LogP contribution in [-0.2, 0) is 12.4 Å². The molecule has 0 saturated carbocycles. The Labute approximate surface area is 149 Å². The molecule has 0 aliphatic carbocycles. The fourth-order valence-corrected chi connectivity index (χ4v) is 2.28. The number of halogens is 6. The van der Waals surface area contributed by atoms with Crippen molar-refractivity contribution in [3.05, 3.63) is 65.2 Å². The second kappa shape index (κ2) is 7.37. The SMILES string of the molecule is C=Cc1nccnc1C(C)NC(=O)c1cc(C(F)(F)F)cc(C(F)(F)F)c1. The molecule has 0 saturated heterocycles. The van der Waals surface area contributed by atoms with Crippen LogP contribution in [-0.4, -0.2) is 15.9 Å². The van der Waals surface area contributed by atoms with Gasteiger partial charge in [-0.15, -0.1) is 0 Å². The molecule has 1 aromatic carbocycles. The Morgan fingerprint density at radius 1 is 1.04 bits per heavy atom. The topological polar surface area (TPSA) is 54.9 Å². The minimum Gasteiger partial charge on any atom is -0.344 e. The highest BCUT2D eigenvalue weighted by Crippen LogP contribution is 2.36. The van der Waals surface area contributed by atoms with Crippen molar-refractivity contribution in [1.29, 1.82) is 0 Å². The summed E-state index contributed by atoms with van der Waals surface area (Å²) in [6, 6.07) is -0.147. The predicted octanol–water partition coefficient (Wildman–Crippen LogP) is 4.65.